The number of carboxylic acid groups (broad SMARTS) is 1. The highest BCUT2D eigenvalue weighted by molar-refractivity contribution is 7.99. The molecule has 0 saturated carbocycles. The Kier molecular flexibility index (Phi) is 5.49. The van der Waals surface area contributed by atoms with Crippen LogP contribution in [0.1, 0.15) is 5.56 Å². The molecule has 0 unspecified atom stereocenters. The van der Waals surface area contributed by atoms with Crippen LogP contribution >= 0.6 is 11.8 Å². The molecule has 100 valence electrons. The van der Waals surface area contributed by atoms with Crippen LogP contribution in [0.5, 0.6) is 0 Å². The van der Waals surface area contributed by atoms with Gasteiger partial charge in [0.2, 0.25) is 0 Å². The summed E-state index contributed by atoms with van der Waals surface area (Å²) < 4.78 is 38.6. The van der Waals surface area contributed by atoms with E-state index in [0.29, 0.717) is 5.56 Å². The molecule has 0 amide bonds. The zero-order valence-electron chi connectivity index (χ0n) is 9.24. The number of ether oxygens (including phenoxy) is 1. The lowest BCUT2D eigenvalue weighted by Gasteiger charge is -2.07. The lowest BCUT2D eigenvalue weighted by Crippen LogP contribution is -2.15. The number of carboxylic acids is 1. The van der Waals surface area contributed by atoms with Gasteiger partial charge in [-0.15, -0.1) is 24.9 Å². The Bertz CT molecular complexity index is 390. The van der Waals surface area contributed by atoms with Crippen LogP contribution in [0.25, 0.3) is 0 Å². The number of rotatable bonds is 6. The fourth-order valence-corrected chi connectivity index (χ4v) is 1.93. The van der Waals surface area contributed by atoms with Crippen LogP contribution in [0.3, 0.4) is 0 Å². The van der Waals surface area contributed by atoms with E-state index in [1.54, 1.807) is 24.3 Å². The zero-order chi connectivity index (χ0) is 13.6. The molecule has 0 heterocycles. The molecule has 7 heteroatoms. The molecule has 18 heavy (non-hydrogen) atoms. The summed E-state index contributed by atoms with van der Waals surface area (Å²) in [5.74, 6) is -0.744. The van der Waals surface area contributed by atoms with Crippen molar-refractivity contribution in [2.24, 2.45) is 0 Å². The van der Waals surface area contributed by atoms with E-state index < -0.39 is 18.9 Å². The molecular formula is C11H11F3O3S. The molecule has 0 aromatic heterocycles. The Morgan fingerprint density at radius 2 is 1.89 bits per heavy atom. The Labute approximate surface area is 106 Å². The van der Waals surface area contributed by atoms with Gasteiger partial charge in [0.05, 0.1) is 13.0 Å². The van der Waals surface area contributed by atoms with Crippen LogP contribution in [0.4, 0.5) is 13.2 Å². The Morgan fingerprint density at radius 3 is 2.39 bits per heavy atom. The molecule has 0 aliphatic carbocycles. The van der Waals surface area contributed by atoms with E-state index in [1.165, 1.54) is 11.8 Å². The summed E-state index contributed by atoms with van der Waals surface area (Å²) in [6, 6.07) is 6.63. The number of benzene rings is 1. The van der Waals surface area contributed by atoms with Gasteiger partial charge in [0.25, 0.3) is 0 Å². The van der Waals surface area contributed by atoms with E-state index in [1.807, 2.05) is 0 Å². The first-order valence-corrected chi connectivity index (χ1v) is 5.99. The van der Waals surface area contributed by atoms with E-state index >= 15 is 0 Å². The maximum absolute atomic E-state index is 11.7. The third-order valence-corrected chi connectivity index (χ3v) is 2.87. The smallest absolute Gasteiger partial charge is 0.481 e. The molecule has 0 atom stereocenters. The van der Waals surface area contributed by atoms with Crippen molar-refractivity contribution in [3.8, 4) is 0 Å². The van der Waals surface area contributed by atoms with Crippen molar-refractivity contribution in [3.05, 3.63) is 29.8 Å². The van der Waals surface area contributed by atoms with Crippen molar-refractivity contribution in [3.63, 3.8) is 0 Å². The third kappa shape index (κ3) is 6.51. The maximum Gasteiger partial charge on any atom is 0.522 e. The summed E-state index contributed by atoms with van der Waals surface area (Å²) in [4.78, 5) is 11.2. The van der Waals surface area contributed by atoms with Crippen molar-refractivity contribution >= 4 is 17.7 Å². The van der Waals surface area contributed by atoms with Crippen molar-refractivity contribution < 1.29 is 27.8 Å². The van der Waals surface area contributed by atoms with Crippen molar-refractivity contribution in [1.82, 2.24) is 0 Å². The first kappa shape index (κ1) is 14.8. The van der Waals surface area contributed by atoms with Crippen LogP contribution in [0.2, 0.25) is 0 Å². The van der Waals surface area contributed by atoms with Crippen molar-refractivity contribution in [2.45, 2.75) is 17.7 Å². The van der Waals surface area contributed by atoms with Crippen LogP contribution in [0.15, 0.2) is 29.2 Å². The number of alkyl halides is 3. The molecule has 3 nitrogen and oxygen atoms in total. The molecule has 0 saturated heterocycles. The minimum absolute atomic E-state index is 0.0673. The fourth-order valence-electron chi connectivity index (χ4n) is 1.20. The predicted molar refractivity (Wildman–Crippen MR) is 60.5 cm³/mol. The standard InChI is InChI=1S/C11H11F3O3S/c12-11(13,14)17-5-6-18-9-3-1-8(2-4-9)7-10(15)16/h1-4H,5-7H2,(H,15,16). The molecule has 0 aliphatic heterocycles. The fraction of sp³-hybridized carbons (Fsp3) is 0.364. The molecule has 1 N–H and O–H groups in total. The Balaban J connectivity index is 2.33. The first-order valence-electron chi connectivity index (χ1n) is 5.01. The number of thioether (sulfide) groups is 1. The minimum atomic E-state index is -4.59. The molecule has 1 aromatic rings. The second kappa shape index (κ2) is 6.65. The van der Waals surface area contributed by atoms with Gasteiger partial charge < -0.3 is 5.11 Å². The average molecular weight is 280 g/mol. The van der Waals surface area contributed by atoms with E-state index in [2.05, 4.69) is 4.74 Å². The van der Waals surface area contributed by atoms with E-state index in [0.717, 1.165) is 4.90 Å². The summed E-state index contributed by atoms with van der Waals surface area (Å²) in [5.41, 5.74) is 0.651. The maximum atomic E-state index is 11.7. The highest BCUT2D eigenvalue weighted by atomic mass is 32.2. The molecule has 0 bridgehead atoms. The highest BCUT2D eigenvalue weighted by Crippen LogP contribution is 2.21. The first-order chi connectivity index (χ1) is 8.37. The van der Waals surface area contributed by atoms with Gasteiger partial charge in [0.1, 0.15) is 0 Å². The van der Waals surface area contributed by atoms with Crippen LogP contribution in [0, 0.1) is 0 Å². The molecule has 1 aromatic carbocycles. The molecule has 1 rings (SSSR count). The SMILES string of the molecule is O=C(O)Cc1ccc(SCCOC(F)(F)F)cc1. The van der Waals surface area contributed by atoms with Crippen LogP contribution in [-0.2, 0) is 16.0 Å². The number of hydrogen-bond donors (Lipinski definition) is 1. The van der Waals surface area contributed by atoms with Gasteiger partial charge in [-0.25, -0.2) is 0 Å². The summed E-state index contributed by atoms with van der Waals surface area (Å²) >= 11 is 1.22. The van der Waals surface area contributed by atoms with Gasteiger partial charge in [-0.05, 0) is 17.7 Å². The molecular weight excluding hydrogens is 269 g/mol. The predicted octanol–water partition coefficient (Wildman–Crippen LogP) is 2.94. The number of halogens is 3. The van der Waals surface area contributed by atoms with Gasteiger partial charge in [0.15, 0.2) is 0 Å². The lowest BCUT2D eigenvalue weighted by atomic mass is 10.2. The van der Waals surface area contributed by atoms with Crippen molar-refractivity contribution in [2.75, 3.05) is 12.4 Å². The third-order valence-electron chi connectivity index (χ3n) is 1.90. The summed E-state index contributed by atoms with van der Waals surface area (Å²) in [5, 5.41) is 8.56. The van der Waals surface area contributed by atoms with Gasteiger partial charge in [0, 0.05) is 10.6 Å². The number of carbonyl (C=O) groups is 1. The van der Waals surface area contributed by atoms with Gasteiger partial charge >= 0.3 is 12.3 Å². The number of aliphatic carboxylic acids is 1. The summed E-state index contributed by atoms with van der Waals surface area (Å²) in [6.45, 7) is -0.412. The quantitative estimate of drug-likeness (QED) is 0.643. The summed E-state index contributed by atoms with van der Waals surface area (Å²) in [7, 11) is 0. The normalized spacial score (nSPS) is 11.5. The van der Waals surface area contributed by atoms with Gasteiger partial charge in [-0.1, -0.05) is 12.1 Å². The molecule has 0 spiro atoms. The van der Waals surface area contributed by atoms with Crippen LogP contribution < -0.4 is 0 Å². The topological polar surface area (TPSA) is 46.5 Å². The molecule has 0 fully saturated rings. The van der Waals surface area contributed by atoms with Gasteiger partial charge in [-0.3, -0.25) is 9.53 Å². The Hall–Kier alpha value is -1.21. The Morgan fingerprint density at radius 1 is 1.28 bits per heavy atom. The highest BCUT2D eigenvalue weighted by Gasteiger charge is 2.28. The monoisotopic (exact) mass is 280 g/mol. The van der Waals surface area contributed by atoms with E-state index in [-0.39, 0.29) is 12.2 Å². The number of hydrogen-bond acceptors (Lipinski definition) is 3. The second-order valence-electron chi connectivity index (χ2n) is 3.36. The minimum Gasteiger partial charge on any atom is -0.481 e. The summed E-state index contributed by atoms with van der Waals surface area (Å²) in [6.07, 6.45) is -4.66. The second-order valence-corrected chi connectivity index (χ2v) is 4.53. The zero-order valence-corrected chi connectivity index (χ0v) is 10.1. The molecule has 0 radical (unpaired) electrons. The van der Waals surface area contributed by atoms with Crippen LogP contribution in [-0.4, -0.2) is 29.8 Å². The van der Waals surface area contributed by atoms with E-state index in [4.69, 9.17) is 5.11 Å². The molecule has 0 aliphatic rings. The van der Waals surface area contributed by atoms with Crippen molar-refractivity contribution in [1.29, 1.82) is 0 Å². The lowest BCUT2D eigenvalue weighted by molar-refractivity contribution is -0.322. The average Bonchev–Trinajstić information content (AvgIpc) is 2.24. The largest absolute Gasteiger partial charge is 0.522 e. The van der Waals surface area contributed by atoms with Gasteiger partial charge in [-0.2, -0.15) is 0 Å². The van der Waals surface area contributed by atoms with E-state index in [9.17, 15) is 18.0 Å².